The number of rotatable bonds is 3. The van der Waals surface area contributed by atoms with Crippen LogP contribution in [0.3, 0.4) is 0 Å². The number of hydrogen-bond acceptors (Lipinski definition) is 2. The van der Waals surface area contributed by atoms with Crippen LogP contribution in [0.4, 0.5) is 0 Å². The summed E-state index contributed by atoms with van der Waals surface area (Å²) in [6.07, 6.45) is 3.15. The summed E-state index contributed by atoms with van der Waals surface area (Å²) in [5.41, 5.74) is 6.15. The molecule has 1 saturated heterocycles. The van der Waals surface area contributed by atoms with Gasteiger partial charge < -0.3 is 10.6 Å². The molecule has 1 aliphatic rings. The minimum atomic E-state index is 0. The monoisotopic (exact) mass is 336 g/mol. The number of likely N-dealkylation sites (tertiary alicyclic amines) is 1. The van der Waals surface area contributed by atoms with E-state index in [2.05, 4.69) is 0 Å². The number of piperidine rings is 1. The van der Waals surface area contributed by atoms with Gasteiger partial charge in [-0.05, 0) is 49.9 Å². The summed E-state index contributed by atoms with van der Waals surface area (Å²) in [5, 5.41) is 0.984. The molecule has 1 aromatic rings. The number of hydrogen-bond donors (Lipinski definition) is 1. The third-order valence-corrected chi connectivity index (χ3v) is 3.93. The summed E-state index contributed by atoms with van der Waals surface area (Å²) in [5.74, 6) is 0.517. The topological polar surface area (TPSA) is 46.3 Å². The standard InChI is InChI=1S/C14H18Cl2N2O.ClH/c15-12-6-11(7-13(16)8-12)14(19)18-5-1-2-10(9-18)3-4-17;/h6-8,10H,1-5,9,17H2;1H. The summed E-state index contributed by atoms with van der Waals surface area (Å²) in [4.78, 5) is 14.3. The smallest absolute Gasteiger partial charge is 0.253 e. The molecule has 2 N–H and O–H groups in total. The van der Waals surface area contributed by atoms with Gasteiger partial charge >= 0.3 is 0 Å². The summed E-state index contributed by atoms with van der Waals surface area (Å²) in [6, 6.07) is 4.97. The lowest BCUT2D eigenvalue weighted by Gasteiger charge is -2.32. The number of halogens is 3. The van der Waals surface area contributed by atoms with E-state index in [4.69, 9.17) is 28.9 Å². The maximum absolute atomic E-state index is 12.4. The predicted octanol–water partition coefficient (Wildman–Crippen LogP) is 3.62. The van der Waals surface area contributed by atoms with Crippen molar-refractivity contribution < 1.29 is 4.79 Å². The van der Waals surface area contributed by atoms with E-state index < -0.39 is 0 Å². The second-order valence-corrected chi connectivity index (χ2v) is 5.87. The Morgan fingerprint density at radius 3 is 2.55 bits per heavy atom. The van der Waals surface area contributed by atoms with Gasteiger partial charge in [-0.2, -0.15) is 0 Å². The molecule has 0 radical (unpaired) electrons. The Balaban J connectivity index is 0.00000200. The van der Waals surface area contributed by atoms with E-state index in [9.17, 15) is 4.79 Å². The number of carbonyl (C=O) groups excluding carboxylic acids is 1. The second-order valence-electron chi connectivity index (χ2n) is 4.99. The van der Waals surface area contributed by atoms with Gasteiger partial charge in [0.15, 0.2) is 0 Å². The number of carbonyl (C=O) groups is 1. The molecular weight excluding hydrogens is 319 g/mol. The van der Waals surface area contributed by atoms with Crippen LogP contribution in [0.15, 0.2) is 18.2 Å². The van der Waals surface area contributed by atoms with Crippen molar-refractivity contribution in [3.8, 4) is 0 Å². The number of nitrogens with zero attached hydrogens (tertiary/aromatic N) is 1. The first kappa shape index (κ1) is 17.6. The molecule has 1 fully saturated rings. The predicted molar refractivity (Wildman–Crippen MR) is 86.0 cm³/mol. The van der Waals surface area contributed by atoms with E-state index in [1.54, 1.807) is 18.2 Å². The van der Waals surface area contributed by atoms with Crippen molar-refractivity contribution in [2.45, 2.75) is 19.3 Å². The first-order chi connectivity index (χ1) is 9.10. The zero-order valence-corrected chi connectivity index (χ0v) is 13.5. The molecule has 0 aliphatic carbocycles. The second kappa shape index (κ2) is 8.08. The molecule has 1 aliphatic heterocycles. The van der Waals surface area contributed by atoms with Crippen LogP contribution >= 0.6 is 35.6 Å². The summed E-state index contributed by atoms with van der Waals surface area (Å²) < 4.78 is 0. The van der Waals surface area contributed by atoms with Crippen LogP contribution in [0.1, 0.15) is 29.6 Å². The van der Waals surface area contributed by atoms with E-state index in [-0.39, 0.29) is 18.3 Å². The molecule has 0 aromatic heterocycles. The highest BCUT2D eigenvalue weighted by Crippen LogP contribution is 2.24. The molecule has 0 bridgehead atoms. The lowest BCUT2D eigenvalue weighted by Crippen LogP contribution is -2.40. The minimum absolute atomic E-state index is 0. The zero-order valence-electron chi connectivity index (χ0n) is 11.1. The van der Waals surface area contributed by atoms with Crippen molar-refractivity contribution in [1.82, 2.24) is 4.90 Å². The van der Waals surface area contributed by atoms with Gasteiger partial charge in [-0.3, -0.25) is 4.79 Å². The fourth-order valence-electron chi connectivity index (χ4n) is 2.58. The molecule has 0 saturated carbocycles. The molecule has 3 nitrogen and oxygen atoms in total. The van der Waals surface area contributed by atoms with Crippen LogP contribution in [0.25, 0.3) is 0 Å². The van der Waals surface area contributed by atoms with Crippen molar-refractivity contribution in [3.63, 3.8) is 0 Å². The molecule has 0 spiro atoms. The highest BCUT2D eigenvalue weighted by atomic mass is 35.5. The average molecular weight is 338 g/mol. The van der Waals surface area contributed by atoms with E-state index in [1.165, 1.54) is 0 Å². The van der Waals surface area contributed by atoms with Gasteiger partial charge in [0.25, 0.3) is 5.91 Å². The Labute approximate surface area is 135 Å². The molecule has 1 aromatic carbocycles. The third-order valence-electron chi connectivity index (χ3n) is 3.49. The largest absolute Gasteiger partial charge is 0.338 e. The Hall–Kier alpha value is -0.480. The molecule has 1 amide bonds. The zero-order chi connectivity index (χ0) is 13.8. The first-order valence-electron chi connectivity index (χ1n) is 6.55. The lowest BCUT2D eigenvalue weighted by atomic mass is 9.94. The highest BCUT2D eigenvalue weighted by Gasteiger charge is 2.24. The van der Waals surface area contributed by atoms with Crippen molar-refractivity contribution in [2.75, 3.05) is 19.6 Å². The average Bonchev–Trinajstić information content (AvgIpc) is 2.37. The van der Waals surface area contributed by atoms with Crippen molar-refractivity contribution >= 4 is 41.5 Å². The molecule has 112 valence electrons. The van der Waals surface area contributed by atoms with Gasteiger partial charge in [-0.1, -0.05) is 23.2 Å². The van der Waals surface area contributed by atoms with E-state index in [0.717, 1.165) is 32.4 Å². The number of benzene rings is 1. The van der Waals surface area contributed by atoms with Crippen LogP contribution in [0.5, 0.6) is 0 Å². The number of nitrogens with two attached hydrogens (primary N) is 1. The maximum atomic E-state index is 12.4. The fraction of sp³-hybridized carbons (Fsp3) is 0.500. The molecule has 1 heterocycles. The van der Waals surface area contributed by atoms with Crippen LogP contribution in [-0.4, -0.2) is 30.4 Å². The Bertz CT molecular complexity index is 445. The lowest BCUT2D eigenvalue weighted by molar-refractivity contribution is 0.0669. The van der Waals surface area contributed by atoms with Crippen LogP contribution in [0, 0.1) is 5.92 Å². The van der Waals surface area contributed by atoms with E-state index in [0.29, 0.717) is 28.1 Å². The summed E-state index contributed by atoms with van der Waals surface area (Å²) in [6.45, 7) is 2.25. The molecular formula is C14H19Cl3N2O. The molecule has 1 atom stereocenters. The van der Waals surface area contributed by atoms with Gasteiger partial charge in [-0.15, -0.1) is 12.4 Å². The molecule has 2 rings (SSSR count). The van der Waals surface area contributed by atoms with Gasteiger partial charge in [0.05, 0.1) is 0 Å². The van der Waals surface area contributed by atoms with Crippen LogP contribution in [0.2, 0.25) is 10.0 Å². The quantitative estimate of drug-likeness (QED) is 0.915. The summed E-state index contributed by atoms with van der Waals surface area (Å²) >= 11 is 11.9. The van der Waals surface area contributed by atoms with Crippen molar-refractivity contribution in [1.29, 1.82) is 0 Å². The van der Waals surface area contributed by atoms with Gasteiger partial charge in [0.2, 0.25) is 0 Å². The Kier molecular flexibility index (Phi) is 7.10. The molecule has 6 heteroatoms. The van der Waals surface area contributed by atoms with Gasteiger partial charge in [0, 0.05) is 28.7 Å². The van der Waals surface area contributed by atoms with E-state index in [1.807, 2.05) is 4.90 Å². The maximum Gasteiger partial charge on any atom is 0.253 e. The molecule has 1 unspecified atom stereocenters. The normalized spacial score (nSPS) is 18.6. The molecule has 20 heavy (non-hydrogen) atoms. The third kappa shape index (κ3) is 4.52. The SMILES string of the molecule is Cl.NCCC1CCCN(C(=O)c2cc(Cl)cc(Cl)c2)C1. The van der Waals surface area contributed by atoms with Crippen molar-refractivity contribution in [3.05, 3.63) is 33.8 Å². The van der Waals surface area contributed by atoms with Gasteiger partial charge in [-0.25, -0.2) is 0 Å². The van der Waals surface area contributed by atoms with Crippen molar-refractivity contribution in [2.24, 2.45) is 11.7 Å². The number of amides is 1. The highest BCUT2D eigenvalue weighted by molar-refractivity contribution is 6.35. The summed E-state index contributed by atoms with van der Waals surface area (Å²) in [7, 11) is 0. The fourth-order valence-corrected chi connectivity index (χ4v) is 3.11. The Morgan fingerprint density at radius 1 is 1.30 bits per heavy atom. The Morgan fingerprint density at radius 2 is 1.95 bits per heavy atom. The minimum Gasteiger partial charge on any atom is -0.338 e. The van der Waals surface area contributed by atoms with E-state index >= 15 is 0 Å². The first-order valence-corrected chi connectivity index (χ1v) is 7.31. The van der Waals surface area contributed by atoms with Crippen LogP contribution in [-0.2, 0) is 0 Å². The van der Waals surface area contributed by atoms with Gasteiger partial charge in [0.1, 0.15) is 0 Å². The van der Waals surface area contributed by atoms with Crippen LogP contribution < -0.4 is 5.73 Å².